The molecule has 1 saturated carbocycles. The van der Waals surface area contributed by atoms with Crippen molar-refractivity contribution >= 4 is 28.2 Å². The molecule has 0 bridgehead atoms. The molecule has 2 atom stereocenters. The van der Waals surface area contributed by atoms with Gasteiger partial charge in [-0.25, -0.2) is 9.78 Å². The fraction of sp³-hybridized carbons (Fsp3) is 0.643. The molecule has 1 aliphatic carbocycles. The second kappa shape index (κ2) is 5.73. The van der Waals surface area contributed by atoms with Crippen molar-refractivity contribution in [3.05, 3.63) is 10.6 Å². The Balaban J connectivity index is 1.94. The summed E-state index contributed by atoms with van der Waals surface area (Å²) in [7, 11) is 1.30. The van der Waals surface area contributed by atoms with Crippen LogP contribution in [0, 0.1) is 0 Å². The fourth-order valence-corrected chi connectivity index (χ4v) is 4.10. The number of rotatable bonds is 3. The highest BCUT2D eigenvalue weighted by Crippen LogP contribution is 2.36. The van der Waals surface area contributed by atoms with Crippen LogP contribution in [0.5, 0.6) is 0 Å². The number of carbonyl (C=O) groups is 2. The number of ketones is 1. The molecule has 1 aromatic rings. The normalized spacial score (nSPS) is 24.8. The molecule has 7 heteroatoms. The van der Waals surface area contributed by atoms with Gasteiger partial charge in [-0.1, -0.05) is 11.3 Å². The van der Waals surface area contributed by atoms with Crippen LogP contribution < -0.4 is 4.90 Å². The van der Waals surface area contributed by atoms with Crippen LogP contribution in [0.3, 0.4) is 0 Å². The SMILES string of the molecule is COC(=O)c1nc(N2CCOC3CCCC32)sc1C(C)=O. The van der Waals surface area contributed by atoms with E-state index >= 15 is 0 Å². The molecule has 21 heavy (non-hydrogen) atoms. The Morgan fingerprint density at radius 1 is 1.43 bits per heavy atom. The number of fused-ring (bicyclic) bond motifs is 1. The summed E-state index contributed by atoms with van der Waals surface area (Å²) in [4.78, 5) is 30.5. The lowest BCUT2D eigenvalue weighted by Crippen LogP contribution is -2.48. The number of nitrogens with zero attached hydrogens (tertiary/aromatic N) is 2. The number of methoxy groups -OCH3 is 1. The Labute approximate surface area is 127 Å². The predicted octanol–water partition coefficient (Wildman–Crippen LogP) is 1.89. The number of ether oxygens (including phenoxy) is 2. The topological polar surface area (TPSA) is 68.7 Å². The number of hydrogen-bond donors (Lipinski definition) is 0. The van der Waals surface area contributed by atoms with E-state index in [4.69, 9.17) is 9.47 Å². The highest BCUT2D eigenvalue weighted by atomic mass is 32.1. The van der Waals surface area contributed by atoms with Gasteiger partial charge in [0.1, 0.15) is 4.88 Å². The predicted molar refractivity (Wildman–Crippen MR) is 78.2 cm³/mol. The second-order valence-electron chi connectivity index (χ2n) is 5.32. The van der Waals surface area contributed by atoms with Crippen LogP contribution in [0.1, 0.15) is 46.3 Å². The van der Waals surface area contributed by atoms with Crippen LogP contribution in [0.25, 0.3) is 0 Å². The number of esters is 1. The minimum absolute atomic E-state index is 0.131. The van der Waals surface area contributed by atoms with E-state index in [1.807, 2.05) is 0 Å². The number of thiazole rings is 1. The summed E-state index contributed by atoms with van der Waals surface area (Å²) in [5.74, 6) is -0.714. The Bertz CT molecular complexity index is 571. The summed E-state index contributed by atoms with van der Waals surface area (Å²) < 4.78 is 10.5. The van der Waals surface area contributed by atoms with Crippen molar-refractivity contribution in [2.75, 3.05) is 25.2 Å². The van der Waals surface area contributed by atoms with Gasteiger partial charge in [-0.15, -0.1) is 0 Å². The zero-order chi connectivity index (χ0) is 15.0. The Morgan fingerprint density at radius 2 is 2.24 bits per heavy atom. The zero-order valence-electron chi connectivity index (χ0n) is 12.1. The van der Waals surface area contributed by atoms with Crippen molar-refractivity contribution < 1.29 is 19.1 Å². The van der Waals surface area contributed by atoms with Crippen molar-refractivity contribution in [1.29, 1.82) is 0 Å². The van der Waals surface area contributed by atoms with Crippen molar-refractivity contribution in [2.45, 2.75) is 38.3 Å². The van der Waals surface area contributed by atoms with Crippen LogP contribution in [0.15, 0.2) is 0 Å². The molecule has 0 radical (unpaired) electrons. The number of morpholine rings is 1. The maximum absolute atomic E-state index is 11.8. The van der Waals surface area contributed by atoms with Gasteiger partial charge in [0.15, 0.2) is 16.6 Å². The zero-order valence-corrected chi connectivity index (χ0v) is 12.9. The van der Waals surface area contributed by atoms with Crippen molar-refractivity contribution in [3.8, 4) is 0 Å². The molecule has 1 aromatic heterocycles. The summed E-state index contributed by atoms with van der Waals surface area (Å²) in [5, 5.41) is 0.723. The molecule has 0 amide bonds. The smallest absolute Gasteiger partial charge is 0.358 e. The van der Waals surface area contributed by atoms with E-state index in [1.54, 1.807) is 0 Å². The Hall–Kier alpha value is -1.47. The van der Waals surface area contributed by atoms with Gasteiger partial charge >= 0.3 is 5.97 Å². The highest BCUT2D eigenvalue weighted by Gasteiger charge is 2.38. The molecule has 0 spiro atoms. The van der Waals surface area contributed by atoms with E-state index in [9.17, 15) is 9.59 Å². The number of carbonyl (C=O) groups excluding carboxylic acids is 2. The number of anilines is 1. The van der Waals surface area contributed by atoms with Gasteiger partial charge in [0.05, 0.1) is 25.9 Å². The second-order valence-corrected chi connectivity index (χ2v) is 6.30. The van der Waals surface area contributed by atoms with Crippen LogP contribution >= 0.6 is 11.3 Å². The van der Waals surface area contributed by atoms with Crippen LogP contribution in [-0.2, 0) is 9.47 Å². The highest BCUT2D eigenvalue weighted by molar-refractivity contribution is 7.17. The van der Waals surface area contributed by atoms with Gasteiger partial charge in [0, 0.05) is 13.5 Å². The molecule has 0 aromatic carbocycles. The third-order valence-corrected chi connectivity index (χ3v) is 5.24. The maximum atomic E-state index is 11.8. The monoisotopic (exact) mass is 310 g/mol. The van der Waals surface area contributed by atoms with Gasteiger partial charge in [0.25, 0.3) is 0 Å². The van der Waals surface area contributed by atoms with E-state index < -0.39 is 5.97 Å². The summed E-state index contributed by atoms with van der Waals surface area (Å²) >= 11 is 1.28. The standard InChI is InChI=1S/C14H18N2O4S/c1-8(17)12-11(13(18)19-2)15-14(21-12)16-6-7-20-10-5-3-4-9(10)16/h9-10H,3-7H2,1-2H3. The first-order valence-electron chi connectivity index (χ1n) is 7.10. The van der Waals surface area contributed by atoms with E-state index in [-0.39, 0.29) is 17.6 Å². The summed E-state index contributed by atoms with van der Waals surface area (Å²) in [6.45, 7) is 2.85. The third kappa shape index (κ3) is 2.55. The fourth-order valence-electron chi connectivity index (χ4n) is 3.07. The molecule has 1 aliphatic heterocycles. The summed E-state index contributed by atoms with van der Waals surface area (Å²) in [6.07, 6.45) is 3.51. The minimum Gasteiger partial charge on any atom is -0.464 e. The number of hydrogen-bond acceptors (Lipinski definition) is 7. The van der Waals surface area contributed by atoms with Gasteiger partial charge in [0.2, 0.25) is 0 Å². The van der Waals surface area contributed by atoms with Gasteiger partial charge in [-0.05, 0) is 19.3 Å². The first-order valence-corrected chi connectivity index (χ1v) is 7.91. The molecular formula is C14H18N2O4S. The van der Waals surface area contributed by atoms with E-state index in [0.29, 0.717) is 17.5 Å². The first kappa shape index (κ1) is 14.5. The lowest BCUT2D eigenvalue weighted by Gasteiger charge is -2.37. The lowest BCUT2D eigenvalue weighted by molar-refractivity contribution is 0.0256. The molecule has 0 N–H and O–H groups in total. The summed E-state index contributed by atoms with van der Waals surface area (Å²) in [5.41, 5.74) is 0.131. The molecule has 114 valence electrons. The van der Waals surface area contributed by atoms with Crippen LogP contribution in [0.4, 0.5) is 5.13 Å². The number of aromatic nitrogens is 1. The quantitative estimate of drug-likeness (QED) is 0.627. The largest absolute Gasteiger partial charge is 0.464 e. The van der Waals surface area contributed by atoms with Crippen LogP contribution in [-0.4, -0.2) is 49.1 Å². The molecule has 6 nitrogen and oxygen atoms in total. The first-order chi connectivity index (χ1) is 10.1. The third-order valence-electron chi connectivity index (χ3n) is 4.04. The average Bonchev–Trinajstić information content (AvgIpc) is 3.12. The lowest BCUT2D eigenvalue weighted by atomic mass is 10.1. The van der Waals surface area contributed by atoms with Gasteiger partial charge in [-0.3, -0.25) is 4.79 Å². The molecule has 2 unspecified atom stereocenters. The molecule has 2 fully saturated rings. The Morgan fingerprint density at radius 3 is 2.95 bits per heavy atom. The van der Waals surface area contributed by atoms with Crippen LogP contribution in [0.2, 0.25) is 0 Å². The molecule has 3 rings (SSSR count). The van der Waals surface area contributed by atoms with Crippen molar-refractivity contribution in [2.24, 2.45) is 0 Å². The Kier molecular flexibility index (Phi) is 3.95. The maximum Gasteiger partial charge on any atom is 0.358 e. The van der Waals surface area contributed by atoms with E-state index in [1.165, 1.54) is 25.4 Å². The minimum atomic E-state index is -0.557. The average molecular weight is 310 g/mol. The van der Waals surface area contributed by atoms with Gasteiger partial charge < -0.3 is 14.4 Å². The van der Waals surface area contributed by atoms with E-state index in [0.717, 1.165) is 30.9 Å². The molecule has 2 aliphatic rings. The van der Waals surface area contributed by atoms with Crippen molar-refractivity contribution in [3.63, 3.8) is 0 Å². The number of Topliss-reactive ketones (excluding diaryl/α,β-unsaturated/α-hetero) is 1. The van der Waals surface area contributed by atoms with Crippen molar-refractivity contribution in [1.82, 2.24) is 4.98 Å². The summed E-state index contributed by atoms with van der Waals surface area (Å²) in [6, 6.07) is 0.301. The molecular weight excluding hydrogens is 292 g/mol. The van der Waals surface area contributed by atoms with E-state index in [2.05, 4.69) is 9.88 Å². The molecule has 2 heterocycles. The van der Waals surface area contributed by atoms with Gasteiger partial charge in [-0.2, -0.15) is 0 Å². The molecule has 1 saturated heterocycles.